The molecule has 1 saturated carbocycles. The van der Waals surface area contributed by atoms with Crippen LogP contribution in [-0.2, 0) is 16.1 Å². The van der Waals surface area contributed by atoms with Gasteiger partial charge in [0.25, 0.3) is 15.0 Å². The standard InChI is InChI=1S/C11H15ClN2O3S/c1-13-7-9(18(12,16)17)5-10(13)11(15)14(2)6-8-3-4-8/h5,7-8H,3-4,6H2,1-2H3. The number of hydrogen-bond acceptors (Lipinski definition) is 3. The summed E-state index contributed by atoms with van der Waals surface area (Å²) in [5.74, 6) is 0.409. The molecule has 0 unspecified atom stereocenters. The van der Waals surface area contributed by atoms with Crippen molar-refractivity contribution in [3.8, 4) is 0 Å². The van der Waals surface area contributed by atoms with Crippen LogP contribution in [0.15, 0.2) is 17.2 Å². The molecule has 1 fully saturated rings. The van der Waals surface area contributed by atoms with Gasteiger partial charge in [-0.25, -0.2) is 8.42 Å². The highest BCUT2D eigenvalue weighted by Crippen LogP contribution is 2.29. The minimum absolute atomic E-state index is 0.0464. The topological polar surface area (TPSA) is 59.4 Å². The second kappa shape index (κ2) is 4.59. The lowest BCUT2D eigenvalue weighted by atomic mass is 10.3. The molecule has 0 saturated heterocycles. The SMILES string of the molecule is CN(CC1CC1)C(=O)c1cc(S(=O)(=O)Cl)cn1C. The molecule has 1 aliphatic carbocycles. The fraction of sp³-hybridized carbons (Fsp3) is 0.545. The van der Waals surface area contributed by atoms with Crippen molar-refractivity contribution in [1.82, 2.24) is 9.47 Å². The Labute approximate surface area is 111 Å². The summed E-state index contributed by atoms with van der Waals surface area (Å²) in [5.41, 5.74) is 0.331. The van der Waals surface area contributed by atoms with Crippen LogP contribution in [0.25, 0.3) is 0 Å². The van der Waals surface area contributed by atoms with Crippen molar-refractivity contribution in [2.24, 2.45) is 13.0 Å². The summed E-state index contributed by atoms with van der Waals surface area (Å²) >= 11 is 0. The number of amides is 1. The summed E-state index contributed by atoms with van der Waals surface area (Å²) in [7, 11) is 4.82. The van der Waals surface area contributed by atoms with Crippen LogP contribution in [0.1, 0.15) is 23.3 Å². The summed E-state index contributed by atoms with van der Waals surface area (Å²) in [6.07, 6.45) is 3.67. The first kappa shape index (κ1) is 13.4. The van der Waals surface area contributed by atoms with Gasteiger partial charge in [-0.15, -0.1) is 0 Å². The van der Waals surface area contributed by atoms with Gasteiger partial charge >= 0.3 is 0 Å². The molecular weight excluding hydrogens is 276 g/mol. The van der Waals surface area contributed by atoms with E-state index in [1.165, 1.54) is 16.8 Å². The lowest BCUT2D eigenvalue weighted by molar-refractivity contribution is 0.0779. The van der Waals surface area contributed by atoms with E-state index in [1.54, 1.807) is 19.0 Å². The second-order valence-corrected chi connectivity index (χ2v) is 7.30. The zero-order valence-corrected chi connectivity index (χ0v) is 11.8. The van der Waals surface area contributed by atoms with Gasteiger partial charge in [-0.1, -0.05) is 0 Å². The molecular formula is C11H15ClN2O3S. The lowest BCUT2D eigenvalue weighted by Crippen LogP contribution is -2.30. The zero-order chi connectivity index (χ0) is 13.5. The van der Waals surface area contributed by atoms with E-state index in [1.807, 2.05) is 0 Å². The average molecular weight is 291 g/mol. The Kier molecular flexibility index (Phi) is 3.42. The van der Waals surface area contributed by atoms with Crippen LogP contribution >= 0.6 is 10.7 Å². The molecule has 18 heavy (non-hydrogen) atoms. The smallest absolute Gasteiger partial charge is 0.270 e. The van der Waals surface area contributed by atoms with E-state index in [0.717, 1.165) is 12.8 Å². The average Bonchev–Trinajstić information content (AvgIpc) is 2.96. The van der Waals surface area contributed by atoms with Gasteiger partial charge in [-0.3, -0.25) is 4.79 Å². The molecule has 1 aromatic rings. The van der Waals surface area contributed by atoms with Crippen LogP contribution in [0, 0.1) is 5.92 Å². The van der Waals surface area contributed by atoms with E-state index in [4.69, 9.17) is 10.7 Å². The Morgan fingerprint density at radius 1 is 1.56 bits per heavy atom. The van der Waals surface area contributed by atoms with Gasteiger partial charge < -0.3 is 9.47 Å². The third kappa shape index (κ3) is 2.87. The van der Waals surface area contributed by atoms with E-state index in [0.29, 0.717) is 18.2 Å². The molecule has 1 amide bonds. The molecule has 0 bridgehead atoms. The summed E-state index contributed by atoms with van der Waals surface area (Å²) in [4.78, 5) is 13.7. The number of hydrogen-bond donors (Lipinski definition) is 0. The molecule has 0 N–H and O–H groups in total. The van der Waals surface area contributed by atoms with Crippen molar-refractivity contribution in [3.63, 3.8) is 0 Å². The first-order chi connectivity index (χ1) is 8.29. The first-order valence-corrected chi connectivity index (χ1v) is 7.96. The maximum absolute atomic E-state index is 12.1. The van der Waals surface area contributed by atoms with Gasteiger partial charge in [0, 0.05) is 37.5 Å². The molecule has 1 heterocycles. The quantitative estimate of drug-likeness (QED) is 0.788. The molecule has 0 spiro atoms. The molecule has 1 aliphatic rings. The highest BCUT2D eigenvalue weighted by molar-refractivity contribution is 8.13. The summed E-state index contributed by atoms with van der Waals surface area (Å²) in [5, 5.41) is 0. The number of carbonyl (C=O) groups is 1. The van der Waals surface area contributed by atoms with E-state index >= 15 is 0 Å². The van der Waals surface area contributed by atoms with E-state index < -0.39 is 9.05 Å². The fourth-order valence-corrected chi connectivity index (χ4v) is 2.64. The molecule has 2 rings (SSSR count). The van der Waals surface area contributed by atoms with Crippen molar-refractivity contribution in [3.05, 3.63) is 18.0 Å². The summed E-state index contributed by atoms with van der Waals surface area (Å²) < 4.78 is 23.9. The number of aryl methyl sites for hydroxylation is 1. The highest BCUT2D eigenvalue weighted by atomic mass is 35.7. The number of nitrogens with zero attached hydrogens (tertiary/aromatic N) is 2. The minimum Gasteiger partial charge on any atom is -0.345 e. The largest absolute Gasteiger partial charge is 0.345 e. The van der Waals surface area contributed by atoms with Crippen LogP contribution in [0.3, 0.4) is 0 Å². The highest BCUT2D eigenvalue weighted by Gasteiger charge is 2.27. The van der Waals surface area contributed by atoms with Crippen LogP contribution < -0.4 is 0 Å². The number of halogens is 1. The van der Waals surface area contributed by atoms with Crippen molar-refractivity contribution in [2.45, 2.75) is 17.7 Å². The summed E-state index contributed by atoms with van der Waals surface area (Å²) in [6.45, 7) is 0.715. The zero-order valence-electron chi connectivity index (χ0n) is 10.3. The van der Waals surface area contributed by atoms with Gasteiger partial charge in [-0.05, 0) is 24.8 Å². The van der Waals surface area contributed by atoms with Gasteiger partial charge in [0.05, 0.1) is 0 Å². The Morgan fingerprint density at radius 3 is 2.61 bits per heavy atom. The minimum atomic E-state index is -3.79. The Morgan fingerprint density at radius 2 is 2.17 bits per heavy atom. The monoisotopic (exact) mass is 290 g/mol. The maximum Gasteiger partial charge on any atom is 0.270 e. The normalized spacial score (nSPS) is 15.7. The molecule has 0 radical (unpaired) electrons. The lowest BCUT2D eigenvalue weighted by Gasteiger charge is -2.16. The van der Waals surface area contributed by atoms with Crippen molar-refractivity contribution >= 4 is 25.6 Å². The Hall–Kier alpha value is -1.01. The van der Waals surface area contributed by atoms with E-state index in [-0.39, 0.29) is 10.8 Å². The molecule has 0 aromatic carbocycles. The molecule has 7 heteroatoms. The second-order valence-electron chi connectivity index (χ2n) is 4.74. The number of carbonyl (C=O) groups excluding carboxylic acids is 1. The summed E-state index contributed by atoms with van der Waals surface area (Å²) in [6, 6.07) is 1.31. The maximum atomic E-state index is 12.1. The molecule has 0 aliphatic heterocycles. The van der Waals surface area contributed by atoms with E-state index in [2.05, 4.69) is 0 Å². The molecule has 5 nitrogen and oxygen atoms in total. The van der Waals surface area contributed by atoms with Gasteiger partial charge in [-0.2, -0.15) is 0 Å². The Balaban J connectivity index is 2.21. The third-order valence-electron chi connectivity index (χ3n) is 3.06. The predicted molar refractivity (Wildman–Crippen MR) is 68.1 cm³/mol. The number of aromatic nitrogens is 1. The molecule has 0 atom stereocenters. The van der Waals surface area contributed by atoms with Crippen molar-refractivity contribution < 1.29 is 13.2 Å². The van der Waals surface area contributed by atoms with Crippen LogP contribution in [-0.4, -0.2) is 37.4 Å². The van der Waals surface area contributed by atoms with Crippen LogP contribution in [0.4, 0.5) is 0 Å². The van der Waals surface area contributed by atoms with Crippen LogP contribution in [0.5, 0.6) is 0 Å². The first-order valence-electron chi connectivity index (χ1n) is 5.65. The molecule has 100 valence electrons. The van der Waals surface area contributed by atoms with E-state index in [9.17, 15) is 13.2 Å². The van der Waals surface area contributed by atoms with Crippen molar-refractivity contribution in [2.75, 3.05) is 13.6 Å². The van der Waals surface area contributed by atoms with Gasteiger partial charge in [0.1, 0.15) is 10.6 Å². The van der Waals surface area contributed by atoms with Crippen molar-refractivity contribution in [1.29, 1.82) is 0 Å². The third-order valence-corrected chi connectivity index (χ3v) is 4.38. The Bertz CT molecular complexity index is 575. The van der Waals surface area contributed by atoms with Crippen LogP contribution in [0.2, 0.25) is 0 Å². The van der Waals surface area contributed by atoms with Gasteiger partial charge in [0.2, 0.25) is 0 Å². The number of rotatable bonds is 4. The predicted octanol–water partition coefficient (Wildman–Crippen LogP) is 1.43. The fourth-order valence-electron chi connectivity index (χ4n) is 1.85. The van der Waals surface area contributed by atoms with Gasteiger partial charge in [0.15, 0.2) is 0 Å². The molecule has 1 aromatic heterocycles.